The lowest BCUT2D eigenvalue weighted by molar-refractivity contribution is 0.251. The summed E-state index contributed by atoms with van der Waals surface area (Å²) in [4.78, 5) is 11.7. The zero-order valence-corrected chi connectivity index (χ0v) is 12.0. The van der Waals surface area contributed by atoms with Crippen molar-refractivity contribution in [2.45, 2.75) is 6.54 Å². The molecule has 0 aromatic heterocycles. The van der Waals surface area contributed by atoms with Crippen molar-refractivity contribution >= 4 is 28.3 Å². The van der Waals surface area contributed by atoms with Gasteiger partial charge >= 0.3 is 6.03 Å². The maximum absolute atomic E-state index is 11.7. The summed E-state index contributed by atoms with van der Waals surface area (Å²) in [7, 11) is -2.68. The molecule has 2 aromatic carbocycles. The van der Waals surface area contributed by atoms with E-state index in [1.165, 1.54) is 0 Å². The number of urea groups is 1. The molecule has 0 saturated heterocycles. The van der Waals surface area contributed by atoms with Gasteiger partial charge in [-0.2, -0.15) is 0 Å². The second kappa shape index (κ2) is 7.30. The van der Waals surface area contributed by atoms with E-state index in [4.69, 9.17) is 0 Å². The molecule has 0 unspecified atom stereocenters. The second-order valence-corrected chi connectivity index (χ2v) is 4.98. The first-order chi connectivity index (χ1) is 10.1. The highest BCUT2D eigenvalue weighted by molar-refractivity contribution is 7.73. The van der Waals surface area contributed by atoms with Crippen molar-refractivity contribution in [1.29, 1.82) is 0 Å². The number of hydrogen-bond acceptors (Lipinski definition) is 3. The van der Waals surface area contributed by atoms with Gasteiger partial charge in [0.1, 0.15) is 0 Å². The molecular weight excluding hydrogens is 290 g/mol. The van der Waals surface area contributed by atoms with E-state index in [0.717, 1.165) is 5.56 Å². The SMILES string of the molecule is O=C(NCc1ccccc1)Nc1ccc(N[SH](=O)=O)cc1. The third-order valence-electron chi connectivity index (χ3n) is 2.66. The van der Waals surface area contributed by atoms with E-state index in [-0.39, 0.29) is 6.03 Å². The number of anilines is 2. The first-order valence-corrected chi connectivity index (χ1v) is 7.41. The van der Waals surface area contributed by atoms with Crippen LogP contribution in [0.15, 0.2) is 54.6 Å². The number of hydrogen-bond donors (Lipinski definition) is 4. The average molecular weight is 305 g/mol. The van der Waals surface area contributed by atoms with Gasteiger partial charge in [-0.15, -0.1) is 0 Å². The van der Waals surface area contributed by atoms with Crippen LogP contribution in [0.5, 0.6) is 0 Å². The van der Waals surface area contributed by atoms with Crippen molar-refractivity contribution in [3.05, 3.63) is 60.2 Å². The van der Waals surface area contributed by atoms with E-state index < -0.39 is 10.9 Å². The van der Waals surface area contributed by atoms with E-state index in [1.54, 1.807) is 24.3 Å². The van der Waals surface area contributed by atoms with Crippen LogP contribution in [0.1, 0.15) is 5.56 Å². The van der Waals surface area contributed by atoms with E-state index in [2.05, 4.69) is 15.4 Å². The first kappa shape index (κ1) is 14.9. The molecule has 0 fully saturated rings. The second-order valence-electron chi connectivity index (χ2n) is 4.24. The summed E-state index contributed by atoms with van der Waals surface area (Å²) in [6.45, 7) is 0.434. The van der Waals surface area contributed by atoms with E-state index in [1.807, 2.05) is 30.3 Å². The van der Waals surface area contributed by atoms with Gasteiger partial charge in [-0.25, -0.2) is 13.2 Å². The molecule has 0 aliphatic carbocycles. The largest absolute Gasteiger partial charge is 0.334 e. The highest BCUT2D eigenvalue weighted by Crippen LogP contribution is 2.13. The third kappa shape index (κ3) is 5.15. The normalized spacial score (nSPS) is 10.1. The Hall–Kier alpha value is -2.54. The summed E-state index contributed by atoms with van der Waals surface area (Å²) in [5.41, 5.74) is 2.03. The van der Waals surface area contributed by atoms with Gasteiger partial charge in [0.25, 0.3) is 0 Å². The molecule has 2 aromatic rings. The topological polar surface area (TPSA) is 87.3 Å². The van der Waals surface area contributed by atoms with E-state index in [0.29, 0.717) is 17.9 Å². The Morgan fingerprint density at radius 2 is 1.52 bits per heavy atom. The van der Waals surface area contributed by atoms with E-state index >= 15 is 0 Å². The Labute approximate surface area is 124 Å². The van der Waals surface area contributed by atoms with Crippen LogP contribution in [0.2, 0.25) is 0 Å². The van der Waals surface area contributed by atoms with E-state index in [9.17, 15) is 13.2 Å². The molecule has 0 heterocycles. The predicted octanol–water partition coefficient (Wildman–Crippen LogP) is 1.95. The molecule has 2 amide bonds. The number of rotatable bonds is 5. The molecular formula is C14H15N3O3S. The minimum atomic E-state index is -2.68. The highest BCUT2D eigenvalue weighted by Gasteiger charge is 2.01. The number of carbonyl (C=O) groups excluding carboxylic acids is 1. The van der Waals surface area contributed by atoms with Crippen molar-refractivity contribution in [3.63, 3.8) is 0 Å². The summed E-state index contributed by atoms with van der Waals surface area (Å²) < 4.78 is 23.3. The summed E-state index contributed by atoms with van der Waals surface area (Å²) in [6.07, 6.45) is 0. The summed E-state index contributed by atoms with van der Waals surface area (Å²) in [6, 6.07) is 15.6. The summed E-state index contributed by atoms with van der Waals surface area (Å²) in [5, 5.41) is 5.40. The van der Waals surface area contributed by atoms with Crippen molar-refractivity contribution in [2.75, 3.05) is 10.0 Å². The Bertz CT molecular complexity index is 662. The molecule has 0 saturated carbocycles. The van der Waals surface area contributed by atoms with Crippen LogP contribution >= 0.6 is 0 Å². The number of thiol groups is 1. The molecule has 2 rings (SSSR count). The molecule has 0 aliphatic heterocycles. The summed E-state index contributed by atoms with van der Waals surface area (Å²) >= 11 is 0. The lowest BCUT2D eigenvalue weighted by Crippen LogP contribution is -2.28. The van der Waals surface area contributed by atoms with Crippen LogP contribution < -0.4 is 15.4 Å². The molecule has 6 nitrogen and oxygen atoms in total. The van der Waals surface area contributed by atoms with Gasteiger partial charge < -0.3 is 10.6 Å². The first-order valence-electron chi connectivity index (χ1n) is 6.23. The Balaban J connectivity index is 1.85. The Morgan fingerprint density at radius 1 is 0.905 bits per heavy atom. The van der Waals surface area contributed by atoms with Crippen LogP contribution in [-0.4, -0.2) is 14.4 Å². The van der Waals surface area contributed by atoms with Gasteiger partial charge in [0.05, 0.1) is 0 Å². The fourth-order valence-electron chi connectivity index (χ4n) is 1.69. The highest BCUT2D eigenvalue weighted by atomic mass is 32.2. The quantitative estimate of drug-likeness (QED) is 0.637. The van der Waals surface area contributed by atoms with Crippen LogP contribution in [0.3, 0.4) is 0 Å². The molecule has 0 bridgehead atoms. The molecule has 7 heteroatoms. The predicted molar refractivity (Wildman–Crippen MR) is 82.7 cm³/mol. The Kier molecular flexibility index (Phi) is 5.16. The number of amides is 2. The molecule has 0 aliphatic rings. The fourth-order valence-corrected chi connectivity index (χ4v) is 2.05. The molecule has 110 valence electrons. The zero-order valence-electron chi connectivity index (χ0n) is 11.1. The molecule has 0 radical (unpaired) electrons. The molecule has 3 N–H and O–H groups in total. The monoisotopic (exact) mass is 305 g/mol. The fraction of sp³-hybridized carbons (Fsp3) is 0.0714. The molecule has 21 heavy (non-hydrogen) atoms. The number of nitrogens with one attached hydrogen (secondary N) is 3. The van der Waals surface area contributed by atoms with Gasteiger partial charge in [-0.05, 0) is 29.8 Å². The van der Waals surface area contributed by atoms with Crippen molar-refractivity contribution in [1.82, 2.24) is 5.32 Å². The van der Waals surface area contributed by atoms with Crippen molar-refractivity contribution < 1.29 is 13.2 Å². The lowest BCUT2D eigenvalue weighted by atomic mass is 10.2. The maximum atomic E-state index is 11.7. The average Bonchev–Trinajstić information content (AvgIpc) is 2.48. The number of carbonyl (C=O) groups is 1. The van der Waals surface area contributed by atoms with Crippen LogP contribution in [0, 0.1) is 0 Å². The third-order valence-corrected chi connectivity index (χ3v) is 3.10. The van der Waals surface area contributed by atoms with Gasteiger partial charge in [-0.1, -0.05) is 30.3 Å². The maximum Gasteiger partial charge on any atom is 0.319 e. The van der Waals surface area contributed by atoms with Crippen molar-refractivity contribution in [2.24, 2.45) is 0 Å². The van der Waals surface area contributed by atoms with Crippen LogP contribution in [0.25, 0.3) is 0 Å². The minimum Gasteiger partial charge on any atom is -0.334 e. The molecule has 0 atom stereocenters. The van der Waals surface area contributed by atoms with Crippen LogP contribution in [-0.2, 0) is 17.4 Å². The van der Waals surface area contributed by atoms with Gasteiger partial charge in [-0.3, -0.25) is 4.72 Å². The smallest absolute Gasteiger partial charge is 0.319 e. The zero-order chi connectivity index (χ0) is 15.1. The number of benzene rings is 2. The minimum absolute atomic E-state index is 0.325. The summed E-state index contributed by atoms with van der Waals surface area (Å²) in [5.74, 6) is 0. The van der Waals surface area contributed by atoms with Gasteiger partial charge in [0.2, 0.25) is 10.9 Å². The standard InChI is InChI=1S/C14H15N3O3S/c18-14(15-10-11-4-2-1-3-5-11)16-12-6-8-13(9-7-12)17-21(19)20/h1-9,21H,10H2,(H2,15,16,18)(H,17,19,20). The Morgan fingerprint density at radius 3 is 2.14 bits per heavy atom. The van der Waals surface area contributed by atoms with Gasteiger partial charge in [0, 0.05) is 17.9 Å². The molecule has 0 spiro atoms. The van der Waals surface area contributed by atoms with Crippen LogP contribution in [0.4, 0.5) is 16.2 Å². The van der Waals surface area contributed by atoms with Gasteiger partial charge in [0.15, 0.2) is 0 Å². The van der Waals surface area contributed by atoms with Crippen molar-refractivity contribution in [3.8, 4) is 0 Å². The lowest BCUT2D eigenvalue weighted by Gasteiger charge is -2.08.